The van der Waals surface area contributed by atoms with Crippen LogP contribution < -0.4 is 10.5 Å². The molecule has 0 radical (unpaired) electrons. The molecule has 0 aliphatic heterocycles. The minimum absolute atomic E-state index is 0.634. The highest BCUT2D eigenvalue weighted by Crippen LogP contribution is 2.28. The lowest BCUT2D eigenvalue weighted by atomic mass is 10.0. The lowest BCUT2D eigenvalue weighted by Gasteiger charge is -2.08. The Hall–Kier alpha value is -2.33. The molecule has 108 valence electrons. The third kappa shape index (κ3) is 2.38. The Balaban J connectivity index is 2.19. The van der Waals surface area contributed by atoms with Gasteiger partial charge in [0.25, 0.3) is 0 Å². The van der Waals surface area contributed by atoms with Crippen LogP contribution in [0.3, 0.4) is 0 Å². The van der Waals surface area contributed by atoms with Gasteiger partial charge in [-0.3, -0.25) is 0 Å². The average molecular weight is 281 g/mol. The Labute approximate surface area is 124 Å². The van der Waals surface area contributed by atoms with Crippen molar-refractivity contribution in [1.82, 2.24) is 9.55 Å². The van der Waals surface area contributed by atoms with Crippen molar-refractivity contribution in [2.45, 2.75) is 6.42 Å². The van der Waals surface area contributed by atoms with Crippen molar-refractivity contribution in [1.29, 1.82) is 0 Å². The average Bonchev–Trinajstić information content (AvgIpc) is 2.84. The van der Waals surface area contributed by atoms with E-state index in [2.05, 4.69) is 16.7 Å². The summed E-state index contributed by atoms with van der Waals surface area (Å²) in [6.07, 6.45) is 0.850. The fourth-order valence-corrected chi connectivity index (χ4v) is 2.66. The van der Waals surface area contributed by atoms with Gasteiger partial charge in [0, 0.05) is 18.7 Å². The SMILES string of the molecule is COc1ccc2c(c1)nc(-c1ccccc1CCN)n2C. The van der Waals surface area contributed by atoms with E-state index < -0.39 is 0 Å². The summed E-state index contributed by atoms with van der Waals surface area (Å²) in [5.41, 5.74) is 10.1. The molecular formula is C17H19N3O. The molecule has 0 saturated heterocycles. The minimum atomic E-state index is 0.634. The molecule has 21 heavy (non-hydrogen) atoms. The van der Waals surface area contributed by atoms with E-state index in [-0.39, 0.29) is 0 Å². The van der Waals surface area contributed by atoms with Crippen LogP contribution in [-0.2, 0) is 13.5 Å². The summed E-state index contributed by atoms with van der Waals surface area (Å²) in [5, 5.41) is 0. The molecule has 0 spiro atoms. The van der Waals surface area contributed by atoms with Crippen LogP contribution in [0.2, 0.25) is 0 Å². The topological polar surface area (TPSA) is 53.1 Å². The molecule has 1 aromatic heterocycles. The highest BCUT2D eigenvalue weighted by atomic mass is 16.5. The maximum Gasteiger partial charge on any atom is 0.141 e. The van der Waals surface area contributed by atoms with Crippen LogP contribution in [0.15, 0.2) is 42.5 Å². The summed E-state index contributed by atoms with van der Waals surface area (Å²) in [6.45, 7) is 0.634. The summed E-state index contributed by atoms with van der Waals surface area (Å²) >= 11 is 0. The Morgan fingerprint density at radius 1 is 1.19 bits per heavy atom. The lowest BCUT2D eigenvalue weighted by molar-refractivity contribution is 0.415. The van der Waals surface area contributed by atoms with Gasteiger partial charge in [0.15, 0.2) is 0 Å². The van der Waals surface area contributed by atoms with Gasteiger partial charge in [-0.1, -0.05) is 24.3 Å². The summed E-state index contributed by atoms with van der Waals surface area (Å²) in [7, 11) is 3.71. The van der Waals surface area contributed by atoms with Gasteiger partial charge in [-0.15, -0.1) is 0 Å². The molecule has 3 rings (SSSR count). The standard InChI is InChI=1S/C17H19N3O/c1-20-16-8-7-13(21-2)11-15(16)19-17(20)14-6-4-3-5-12(14)9-10-18/h3-8,11H,9-10,18H2,1-2H3. The van der Waals surface area contributed by atoms with Gasteiger partial charge in [-0.05, 0) is 30.7 Å². The van der Waals surface area contributed by atoms with E-state index in [1.165, 1.54) is 5.56 Å². The van der Waals surface area contributed by atoms with Crippen molar-refractivity contribution in [2.75, 3.05) is 13.7 Å². The molecule has 0 bridgehead atoms. The zero-order chi connectivity index (χ0) is 14.8. The van der Waals surface area contributed by atoms with Crippen LogP contribution in [0.1, 0.15) is 5.56 Å². The summed E-state index contributed by atoms with van der Waals surface area (Å²) in [5.74, 6) is 1.78. The second kappa shape index (κ2) is 5.58. The van der Waals surface area contributed by atoms with Gasteiger partial charge in [0.05, 0.1) is 18.1 Å². The van der Waals surface area contributed by atoms with E-state index in [1.807, 2.05) is 37.4 Å². The zero-order valence-corrected chi connectivity index (χ0v) is 12.3. The van der Waals surface area contributed by atoms with Crippen LogP contribution in [0, 0.1) is 0 Å². The Morgan fingerprint density at radius 3 is 2.76 bits per heavy atom. The Morgan fingerprint density at radius 2 is 2.00 bits per heavy atom. The van der Waals surface area contributed by atoms with Crippen molar-refractivity contribution in [2.24, 2.45) is 12.8 Å². The molecule has 0 aliphatic rings. The highest BCUT2D eigenvalue weighted by molar-refractivity contribution is 5.82. The number of nitrogens with two attached hydrogens (primary N) is 1. The Kier molecular flexibility index (Phi) is 3.62. The molecule has 0 atom stereocenters. The number of hydrogen-bond acceptors (Lipinski definition) is 3. The van der Waals surface area contributed by atoms with E-state index in [0.29, 0.717) is 6.54 Å². The quantitative estimate of drug-likeness (QED) is 0.800. The van der Waals surface area contributed by atoms with Gasteiger partial charge in [0.2, 0.25) is 0 Å². The number of rotatable bonds is 4. The molecular weight excluding hydrogens is 262 g/mol. The van der Waals surface area contributed by atoms with Crippen molar-refractivity contribution in [3.63, 3.8) is 0 Å². The zero-order valence-electron chi connectivity index (χ0n) is 12.3. The van der Waals surface area contributed by atoms with Crippen LogP contribution in [0.4, 0.5) is 0 Å². The minimum Gasteiger partial charge on any atom is -0.497 e. The molecule has 4 nitrogen and oxygen atoms in total. The molecule has 0 unspecified atom stereocenters. The molecule has 1 heterocycles. The highest BCUT2D eigenvalue weighted by Gasteiger charge is 2.13. The predicted octanol–water partition coefficient (Wildman–Crippen LogP) is 2.75. The van der Waals surface area contributed by atoms with Gasteiger partial charge in [-0.2, -0.15) is 0 Å². The van der Waals surface area contributed by atoms with Crippen LogP contribution >= 0.6 is 0 Å². The summed E-state index contributed by atoms with van der Waals surface area (Å²) in [6, 6.07) is 14.3. The van der Waals surface area contributed by atoms with E-state index >= 15 is 0 Å². The number of nitrogens with zero attached hydrogens (tertiary/aromatic N) is 2. The monoisotopic (exact) mass is 281 g/mol. The van der Waals surface area contributed by atoms with Crippen molar-refractivity contribution >= 4 is 11.0 Å². The second-order valence-corrected chi connectivity index (χ2v) is 5.04. The molecule has 2 N–H and O–H groups in total. The molecule has 0 fully saturated rings. The lowest BCUT2D eigenvalue weighted by Crippen LogP contribution is -2.05. The summed E-state index contributed by atoms with van der Waals surface area (Å²) < 4.78 is 7.39. The van der Waals surface area contributed by atoms with Gasteiger partial charge in [-0.25, -0.2) is 4.98 Å². The molecule has 0 amide bonds. The predicted molar refractivity (Wildman–Crippen MR) is 85.5 cm³/mol. The maximum absolute atomic E-state index is 5.71. The first-order valence-electron chi connectivity index (χ1n) is 7.03. The van der Waals surface area contributed by atoms with E-state index in [0.717, 1.165) is 34.6 Å². The van der Waals surface area contributed by atoms with Crippen molar-refractivity contribution < 1.29 is 4.74 Å². The second-order valence-electron chi connectivity index (χ2n) is 5.04. The van der Waals surface area contributed by atoms with E-state index in [1.54, 1.807) is 7.11 Å². The van der Waals surface area contributed by atoms with Crippen LogP contribution in [-0.4, -0.2) is 23.2 Å². The molecule has 0 saturated carbocycles. The fourth-order valence-electron chi connectivity index (χ4n) is 2.66. The third-order valence-electron chi connectivity index (χ3n) is 3.76. The molecule has 3 aromatic rings. The number of aromatic nitrogens is 2. The number of aryl methyl sites for hydroxylation is 1. The van der Waals surface area contributed by atoms with Crippen molar-refractivity contribution in [3.05, 3.63) is 48.0 Å². The first-order valence-corrected chi connectivity index (χ1v) is 7.03. The molecule has 0 aliphatic carbocycles. The fraction of sp³-hybridized carbons (Fsp3) is 0.235. The number of ether oxygens (including phenoxy) is 1. The number of hydrogen-bond donors (Lipinski definition) is 1. The van der Waals surface area contributed by atoms with Crippen molar-refractivity contribution in [3.8, 4) is 17.1 Å². The largest absolute Gasteiger partial charge is 0.497 e. The number of methoxy groups -OCH3 is 1. The first-order chi connectivity index (χ1) is 10.2. The van der Waals surface area contributed by atoms with Gasteiger partial charge < -0.3 is 15.0 Å². The van der Waals surface area contributed by atoms with E-state index in [4.69, 9.17) is 15.5 Å². The smallest absolute Gasteiger partial charge is 0.141 e. The van der Waals surface area contributed by atoms with Gasteiger partial charge >= 0.3 is 0 Å². The molecule has 4 heteroatoms. The molecule has 2 aromatic carbocycles. The number of fused-ring (bicyclic) bond motifs is 1. The first kappa shape index (κ1) is 13.6. The number of imidazole rings is 1. The Bertz CT molecular complexity index is 777. The van der Waals surface area contributed by atoms with Gasteiger partial charge in [0.1, 0.15) is 11.6 Å². The normalized spacial score (nSPS) is 11.0. The maximum atomic E-state index is 5.71. The van der Waals surface area contributed by atoms with Crippen LogP contribution in [0.5, 0.6) is 5.75 Å². The van der Waals surface area contributed by atoms with E-state index in [9.17, 15) is 0 Å². The summed E-state index contributed by atoms with van der Waals surface area (Å²) in [4.78, 5) is 4.78. The number of benzene rings is 2. The third-order valence-corrected chi connectivity index (χ3v) is 3.76. The van der Waals surface area contributed by atoms with Crippen LogP contribution in [0.25, 0.3) is 22.4 Å².